The number of hydrogen-bond donors (Lipinski definition) is 0. The van der Waals surface area contributed by atoms with Gasteiger partial charge in [0.05, 0.1) is 17.6 Å². The lowest BCUT2D eigenvalue weighted by Crippen LogP contribution is -2.39. The third kappa shape index (κ3) is 6.83. The van der Waals surface area contributed by atoms with Gasteiger partial charge in [-0.3, -0.25) is 9.69 Å². The third-order valence-corrected chi connectivity index (χ3v) is 7.06. The minimum Gasteiger partial charge on any atom is -0.406 e. The number of ether oxygens (including phenoxy) is 1. The maximum atomic E-state index is 12.9. The number of para-hydroxylation sites is 1. The van der Waals surface area contributed by atoms with E-state index in [-0.39, 0.29) is 17.6 Å². The number of nitrogens with zero attached hydrogens (tertiary/aromatic N) is 6. The Bertz CT molecular complexity index is 1580. The van der Waals surface area contributed by atoms with Crippen LogP contribution in [0, 0.1) is 0 Å². The first-order valence-corrected chi connectivity index (χ1v) is 13.7. The lowest BCUT2D eigenvalue weighted by atomic mass is 10.0. The lowest BCUT2D eigenvalue weighted by Gasteiger charge is -2.29. The maximum Gasteiger partial charge on any atom is 0.573 e. The monoisotopic (exact) mass is 578 g/mol. The summed E-state index contributed by atoms with van der Waals surface area (Å²) in [5.74, 6) is 1.01. The van der Waals surface area contributed by atoms with Crippen molar-refractivity contribution in [2.75, 3.05) is 10.7 Å². The molecule has 5 rings (SSSR count). The summed E-state index contributed by atoms with van der Waals surface area (Å²) < 4.78 is 42.5. The lowest BCUT2D eigenvalue weighted by molar-refractivity contribution is -0.274. The molecule has 4 aromatic rings. The number of alkyl halides is 3. The number of halogens is 3. The molecule has 0 N–H and O–H groups in total. The van der Waals surface area contributed by atoms with Gasteiger partial charge >= 0.3 is 6.36 Å². The van der Waals surface area contributed by atoms with Gasteiger partial charge in [-0.1, -0.05) is 68.1 Å². The molecule has 0 unspecified atom stereocenters. The summed E-state index contributed by atoms with van der Waals surface area (Å²) in [5.41, 5.74) is 3.97. The second kappa shape index (κ2) is 12.0. The highest BCUT2D eigenvalue weighted by Gasteiger charge is 2.31. The van der Waals surface area contributed by atoms with E-state index in [1.165, 1.54) is 47.0 Å². The van der Waals surface area contributed by atoms with Crippen LogP contribution in [-0.4, -0.2) is 44.2 Å². The zero-order valence-corrected chi connectivity index (χ0v) is 22.9. The maximum absolute atomic E-state index is 12.9. The number of carbonyl (C=O) groups excluding carboxylic acids is 1. The molecule has 1 aliphatic heterocycles. The van der Waals surface area contributed by atoms with Gasteiger partial charge in [0.2, 0.25) is 5.91 Å². The molecule has 1 aliphatic rings. The number of aromatic nitrogens is 3. The van der Waals surface area contributed by atoms with Gasteiger partial charge < -0.3 is 4.74 Å². The van der Waals surface area contributed by atoms with Gasteiger partial charge in [-0.2, -0.15) is 5.10 Å². The fraction of sp³-hybridized carbons (Fsp3) is 0.207. The molecule has 1 amide bonds. The summed E-state index contributed by atoms with van der Waals surface area (Å²) in [6.07, 6.45) is -1.23. The zero-order valence-electron chi connectivity index (χ0n) is 22.1. The Kier molecular flexibility index (Phi) is 8.20. The van der Waals surface area contributed by atoms with Crippen LogP contribution in [0.15, 0.2) is 89.3 Å². The number of hydrogen-bond acceptors (Lipinski definition) is 7. The van der Waals surface area contributed by atoms with Gasteiger partial charge in [0.25, 0.3) is 0 Å². The minimum atomic E-state index is -4.75. The van der Waals surface area contributed by atoms with Crippen LogP contribution in [0.5, 0.6) is 5.75 Å². The average Bonchev–Trinajstić information content (AvgIpc) is 3.43. The van der Waals surface area contributed by atoms with Crippen molar-refractivity contribution in [3.8, 4) is 22.8 Å². The Morgan fingerprint density at radius 3 is 2.46 bits per heavy atom. The van der Waals surface area contributed by atoms with Gasteiger partial charge in [0.1, 0.15) is 12.1 Å². The van der Waals surface area contributed by atoms with Crippen LogP contribution in [0.25, 0.3) is 17.1 Å². The van der Waals surface area contributed by atoms with E-state index >= 15 is 0 Å². The molecule has 1 saturated heterocycles. The largest absolute Gasteiger partial charge is 0.573 e. The summed E-state index contributed by atoms with van der Waals surface area (Å²) in [6, 6.07) is 20.5. The average molecular weight is 579 g/mol. The molecule has 2 heterocycles. The van der Waals surface area contributed by atoms with Gasteiger partial charge in [0.15, 0.2) is 11.0 Å². The number of amides is 1. The molecule has 210 valence electrons. The fourth-order valence-electron chi connectivity index (χ4n) is 4.19. The normalized spacial score (nSPS) is 15.3. The fourth-order valence-corrected chi connectivity index (χ4v) is 5.08. The van der Waals surface area contributed by atoms with Crippen LogP contribution >= 0.6 is 11.8 Å². The Balaban J connectivity index is 1.29. The Morgan fingerprint density at radius 2 is 1.76 bits per heavy atom. The van der Waals surface area contributed by atoms with E-state index in [0.717, 1.165) is 22.4 Å². The highest BCUT2D eigenvalue weighted by Crippen LogP contribution is 2.32. The smallest absolute Gasteiger partial charge is 0.406 e. The van der Waals surface area contributed by atoms with Crippen molar-refractivity contribution < 1.29 is 22.7 Å². The van der Waals surface area contributed by atoms with Crippen LogP contribution in [0.2, 0.25) is 0 Å². The molecule has 41 heavy (non-hydrogen) atoms. The number of thioether (sulfide) groups is 1. The van der Waals surface area contributed by atoms with Crippen molar-refractivity contribution in [3.05, 3.63) is 90.3 Å². The van der Waals surface area contributed by atoms with Crippen molar-refractivity contribution in [2.24, 2.45) is 10.2 Å². The molecule has 0 atom stereocenters. The molecule has 8 nitrogen and oxygen atoms in total. The molecular weight excluding hydrogens is 553 g/mol. The summed E-state index contributed by atoms with van der Waals surface area (Å²) in [5, 5.41) is 13.6. The van der Waals surface area contributed by atoms with Crippen molar-refractivity contribution in [1.82, 2.24) is 14.8 Å². The number of amidine groups is 1. The van der Waals surface area contributed by atoms with Crippen LogP contribution < -0.4 is 9.64 Å². The van der Waals surface area contributed by atoms with E-state index < -0.39 is 6.36 Å². The Hall–Kier alpha value is -4.45. The van der Waals surface area contributed by atoms with Gasteiger partial charge in [-0.25, -0.2) is 9.67 Å². The number of anilines is 1. The van der Waals surface area contributed by atoms with Gasteiger partial charge in [0, 0.05) is 17.7 Å². The molecule has 0 radical (unpaired) electrons. The van der Waals surface area contributed by atoms with Crippen molar-refractivity contribution in [3.63, 3.8) is 0 Å². The molecule has 0 bridgehead atoms. The molecule has 12 heteroatoms. The summed E-state index contributed by atoms with van der Waals surface area (Å²) >= 11 is 1.49. The molecule has 0 aliphatic carbocycles. The molecule has 0 spiro atoms. The van der Waals surface area contributed by atoms with E-state index in [1.807, 2.05) is 48.5 Å². The van der Waals surface area contributed by atoms with Crippen LogP contribution in [0.1, 0.15) is 37.3 Å². The predicted octanol–water partition coefficient (Wildman–Crippen LogP) is 6.82. The summed E-state index contributed by atoms with van der Waals surface area (Å²) in [7, 11) is 0. The van der Waals surface area contributed by atoms with E-state index in [0.29, 0.717) is 28.9 Å². The highest BCUT2D eigenvalue weighted by molar-refractivity contribution is 8.14. The second-order valence-corrected chi connectivity index (χ2v) is 10.4. The van der Waals surface area contributed by atoms with Crippen molar-refractivity contribution >= 4 is 34.7 Å². The molecule has 1 aromatic heterocycles. The minimum absolute atomic E-state index is 0.00678. The zero-order chi connectivity index (χ0) is 29.0. The van der Waals surface area contributed by atoms with Crippen molar-refractivity contribution in [1.29, 1.82) is 0 Å². The quantitative estimate of drug-likeness (QED) is 0.178. The van der Waals surface area contributed by atoms with Gasteiger partial charge in [-0.15, -0.1) is 23.4 Å². The van der Waals surface area contributed by atoms with Crippen molar-refractivity contribution in [2.45, 2.75) is 32.5 Å². The molecule has 0 saturated carbocycles. The molecular formula is C29H25F3N6O2S. The first-order valence-electron chi connectivity index (χ1n) is 12.7. The van der Waals surface area contributed by atoms with Crippen LogP contribution in [0.3, 0.4) is 0 Å². The topological polar surface area (TPSA) is 85.0 Å². The third-order valence-electron chi connectivity index (χ3n) is 6.13. The molecule has 3 aromatic carbocycles. The first-order chi connectivity index (χ1) is 19.7. The second-order valence-electron chi connectivity index (χ2n) is 9.34. The number of carbonyl (C=O) groups is 1. The Morgan fingerprint density at radius 1 is 1.02 bits per heavy atom. The molecule has 1 fully saturated rings. The Labute approximate surface area is 238 Å². The number of benzene rings is 3. The van der Waals surface area contributed by atoms with Crippen LogP contribution in [0.4, 0.5) is 18.9 Å². The van der Waals surface area contributed by atoms with E-state index in [9.17, 15) is 18.0 Å². The number of rotatable bonds is 7. The van der Waals surface area contributed by atoms with Gasteiger partial charge in [-0.05, 0) is 47.4 Å². The van der Waals surface area contributed by atoms with E-state index in [4.69, 9.17) is 0 Å². The highest BCUT2D eigenvalue weighted by atomic mass is 32.2. The predicted molar refractivity (Wildman–Crippen MR) is 154 cm³/mol. The first kappa shape index (κ1) is 28.1. The van der Waals surface area contributed by atoms with E-state index in [2.05, 4.69) is 38.9 Å². The standard InChI is InChI=1S/C29H25F3N6O2S/c1-19(2)24-5-3-4-6-25(24)38-26(39)15-16-41-28(38)35-34-17-20-7-9-21(10-8-20)27-33-18-37(36-27)22-11-13-23(14-12-22)40-29(30,31)32/h3-14,17-19H,15-16H2,1-2H3. The van der Waals surface area contributed by atoms with E-state index in [1.54, 1.807) is 11.1 Å². The summed E-state index contributed by atoms with van der Waals surface area (Å²) in [4.78, 5) is 18.8. The van der Waals surface area contributed by atoms with Crippen LogP contribution in [-0.2, 0) is 4.79 Å². The summed E-state index contributed by atoms with van der Waals surface area (Å²) in [6.45, 7) is 4.18. The SMILES string of the molecule is CC(C)c1ccccc1N1C(=O)CCSC1=NN=Cc1ccc(-c2ncn(-c3ccc(OC(F)(F)F)cc3)n2)cc1.